The molecule has 0 saturated heterocycles. The van der Waals surface area contributed by atoms with Crippen LogP contribution < -0.4 is 16.0 Å². The summed E-state index contributed by atoms with van der Waals surface area (Å²) in [6.45, 7) is 2.13. The van der Waals surface area contributed by atoms with Crippen molar-refractivity contribution in [3.05, 3.63) is 77.0 Å². The highest BCUT2D eigenvalue weighted by atomic mass is 35.5. The van der Waals surface area contributed by atoms with Gasteiger partial charge in [-0.25, -0.2) is 8.78 Å². The molecule has 0 radical (unpaired) electrons. The van der Waals surface area contributed by atoms with Crippen molar-refractivity contribution in [1.82, 2.24) is 10.6 Å². The van der Waals surface area contributed by atoms with E-state index >= 15 is 0 Å². The average Bonchev–Trinajstić information content (AvgIpc) is 3.40. The first-order valence-electron chi connectivity index (χ1n) is 12.9. The Kier molecular flexibility index (Phi) is 9.39. The Labute approximate surface area is 226 Å². The van der Waals surface area contributed by atoms with Gasteiger partial charge in [-0.2, -0.15) is 0 Å². The summed E-state index contributed by atoms with van der Waals surface area (Å²) in [5.74, 6) is -0.903. The molecule has 2 atom stereocenters. The molecule has 1 fully saturated rings. The number of furan rings is 1. The molecule has 0 bridgehead atoms. The van der Waals surface area contributed by atoms with Crippen LogP contribution in [0.25, 0.3) is 11.3 Å². The van der Waals surface area contributed by atoms with E-state index in [9.17, 15) is 18.4 Å². The number of rotatable bonds is 10. The molecule has 9 heteroatoms. The largest absolute Gasteiger partial charge is 0.451 e. The lowest BCUT2D eigenvalue weighted by Gasteiger charge is -2.27. The molecule has 38 heavy (non-hydrogen) atoms. The van der Waals surface area contributed by atoms with E-state index in [1.165, 1.54) is 42.8 Å². The van der Waals surface area contributed by atoms with E-state index in [0.717, 1.165) is 25.7 Å². The predicted octanol–water partition coefficient (Wildman–Crippen LogP) is 6.56. The fourth-order valence-electron chi connectivity index (χ4n) is 4.76. The van der Waals surface area contributed by atoms with Crippen molar-refractivity contribution in [1.29, 1.82) is 0 Å². The molecule has 0 spiro atoms. The van der Waals surface area contributed by atoms with Crippen molar-refractivity contribution in [2.75, 3.05) is 11.9 Å². The molecule has 2 amide bonds. The average molecular weight is 544 g/mol. The summed E-state index contributed by atoms with van der Waals surface area (Å²) in [6, 6.07) is 12.0. The molecule has 1 aliphatic carbocycles. The van der Waals surface area contributed by atoms with Gasteiger partial charge >= 0.3 is 0 Å². The first-order chi connectivity index (χ1) is 18.3. The third-order valence-electron chi connectivity index (χ3n) is 6.77. The summed E-state index contributed by atoms with van der Waals surface area (Å²) in [4.78, 5) is 26.3. The number of hydrogen-bond donors (Lipinski definition) is 3. The zero-order chi connectivity index (χ0) is 27.1. The van der Waals surface area contributed by atoms with Crippen molar-refractivity contribution in [3.63, 3.8) is 0 Å². The molecule has 202 valence electrons. The van der Waals surface area contributed by atoms with E-state index < -0.39 is 23.6 Å². The maximum atomic E-state index is 13.6. The van der Waals surface area contributed by atoms with Crippen LogP contribution in [0.1, 0.15) is 56.0 Å². The van der Waals surface area contributed by atoms with Gasteiger partial charge in [0.05, 0.1) is 10.7 Å². The quantitative estimate of drug-likeness (QED) is 0.270. The van der Waals surface area contributed by atoms with E-state index in [2.05, 4.69) is 16.0 Å². The predicted molar refractivity (Wildman–Crippen MR) is 144 cm³/mol. The van der Waals surface area contributed by atoms with Gasteiger partial charge in [-0.3, -0.25) is 9.59 Å². The van der Waals surface area contributed by atoms with Crippen LogP contribution in [0.4, 0.5) is 14.5 Å². The molecule has 1 heterocycles. The van der Waals surface area contributed by atoms with Gasteiger partial charge in [0.15, 0.2) is 5.76 Å². The lowest BCUT2D eigenvalue weighted by Crippen LogP contribution is -2.51. The second-order valence-electron chi connectivity index (χ2n) is 9.85. The van der Waals surface area contributed by atoms with Crippen molar-refractivity contribution < 1.29 is 22.8 Å². The summed E-state index contributed by atoms with van der Waals surface area (Å²) in [5, 5.41) is 9.22. The minimum absolute atomic E-state index is 0.0427. The Balaban J connectivity index is 1.41. The smallest absolute Gasteiger partial charge is 0.287 e. The van der Waals surface area contributed by atoms with Crippen LogP contribution >= 0.6 is 11.6 Å². The van der Waals surface area contributed by atoms with Gasteiger partial charge < -0.3 is 20.4 Å². The fourth-order valence-corrected chi connectivity index (χ4v) is 4.95. The standard InChI is InChI=1S/C29H32ClF2N3O3/c1-18(17-33-24-16-22(32)10-11-23(24)30)34-28(36)25(14-19-6-3-2-4-7-19)35-29(37)27-13-12-26(38-27)20-8-5-9-21(31)15-20/h5,8-13,15-16,18-19,25,33H,2-4,6-7,14,17H2,1H3,(H,34,36)(H,35,37)/t18-,25-/m0/s1. The maximum absolute atomic E-state index is 13.6. The van der Waals surface area contributed by atoms with Crippen LogP contribution in [0.5, 0.6) is 0 Å². The first-order valence-corrected chi connectivity index (χ1v) is 13.3. The molecule has 3 aromatic rings. The highest BCUT2D eigenvalue weighted by Crippen LogP contribution is 2.28. The van der Waals surface area contributed by atoms with Crippen LogP contribution in [-0.2, 0) is 4.79 Å². The fraction of sp³-hybridized carbons (Fsp3) is 0.379. The summed E-state index contributed by atoms with van der Waals surface area (Å²) in [7, 11) is 0. The summed E-state index contributed by atoms with van der Waals surface area (Å²) < 4.78 is 32.8. The van der Waals surface area contributed by atoms with Gasteiger partial charge in [-0.15, -0.1) is 0 Å². The third kappa shape index (κ3) is 7.57. The Bertz CT molecular complexity index is 1260. The van der Waals surface area contributed by atoms with Crippen LogP contribution in [0.15, 0.2) is 59.0 Å². The number of hydrogen-bond acceptors (Lipinski definition) is 4. The van der Waals surface area contributed by atoms with E-state index in [4.69, 9.17) is 16.0 Å². The highest BCUT2D eigenvalue weighted by molar-refractivity contribution is 6.33. The Morgan fingerprint density at radius 1 is 1.00 bits per heavy atom. The molecule has 6 nitrogen and oxygen atoms in total. The number of carbonyl (C=O) groups is 2. The minimum Gasteiger partial charge on any atom is -0.451 e. The van der Waals surface area contributed by atoms with E-state index in [-0.39, 0.29) is 17.7 Å². The number of anilines is 1. The molecular formula is C29H32ClF2N3O3. The van der Waals surface area contributed by atoms with Crippen molar-refractivity contribution in [2.45, 2.75) is 57.5 Å². The van der Waals surface area contributed by atoms with E-state index in [0.29, 0.717) is 40.9 Å². The zero-order valence-corrected chi connectivity index (χ0v) is 22.0. The molecule has 2 aromatic carbocycles. The van der Waals surface area contributed by atoms with Gasteiger partial charge in [0.2, 0.25) is 5.91 Å². The number of carbonyl (C=O) groups excluding carboxylic acids is 2. The van der Waals surface area contributed by atoms with Crippen LogP contribution in [0.3, 0.4) is 0 Å². The molecule has 4 rings (SSSR count). The van der Waals surface area contributed by atoms with Crippen LogP contribution in [0, 0.1) is 17.6 Å². The molecular weight excluding hydrogens is 512 g/mol. The second kappa shape index (κ2) is 12.9. The van der Waals surface area contributed by atoms with Gasteiger partial charge in [0, 0.05) is 18.2 Å². The molecule has 1 saturated carbocycles. The number of halogens is 3. The minimum atomic E-state index is -0.756. The Morgan fingerprint density at radius 3 is 2.53 bits per heavy atom. The van der Waals surface area contributed by atoms with Gasteiger partial charge in [0.25, 0.3) is 5.91 Å². The summed E-state index contributed by atoms with van der Waals surface area (Å²) in [5.41, 5.74) is 0.951. The molecule has 0 unspecified atom stereocenters. The van der Waals surface area contributed by atoms with E-state index in [1.54, 1.807) is 18.2 Å². The van der Waals surface area contributed by atoms with Crippen LogP contribution in [0.2, 0.25) is 5.02 Å². The van der Waals surface area contributed by atoms with Crippen molar-refractivity contribution in [3.8, 4) is 11.3 Å². The molecule has 1 aromatic heterocycles. The third-order valence-corrected chi connectivity index (χ3v) is 7.10. The molecule has 1 aliphatic rings. The van der Waals surface area contributed by atoms with Gasteiger partial charge in [-0.1, -0.05) is 55.8 Å². The lowest BCUT2D eigenvalue weighted by molar-refractivity contribution is -0.124. The Hall–Kier alpha value is -3.39. The van der Waals surface area contributed by atoms with Crippen molar-refractivity contribution in [2.24, 2.45) is 5.92 Å². The lowest BCUT2D eigenvalue weighted by atomic mass is 9.84. The molecule has 0 aliphatic heterocycles. The topological polar surface area (TPSA) is 83.4 Å². The number of benzene rings is 2. The van der Waals surface area contributed by atoms with Gasteiger partial charge in [0.1, 0.15) is 23.4 Å². The second-order valence-corrected chi connectivity index (χ2v) is 10.3. The van der Waals surface area contributed by atoms with E-state index in [1.807, 2.05) is 6.92 Å². The van der Waals surface area contributed by atoms with Crippen LogP contribution in [-0.4, -0.2) is 30.4 Å². The van der Waals surface area contributed by atoms with Gasteiger partial charge in [-0.05, 0) is 61.7 Å². The summed E-state index contributed by atoms with van der Waals surface area (Å²) in [6.07, 6.45) is 5.94. The monoisotopic (exact) mass is 543 g/mol. The Morgan fingerprint density at radius 2 is 1.76 bits per heavy atom. The zero-order valence-electron chi connectivity index (χ0n) is 21.2. The first kappa shape index (κ1) is 27.6. The van der Waals surface area contributed by atoms with Crippen molar-refractivity contribution >= 4 is 29.1 Å². The SMILES string of the molecule is C[C@@H](CNc1cc(F)ccc1Cl)NC(=O)[C@H](CC1CCCCC1)NC(=O)c1ccc(-c2cccc(F)c2)o1. The number of amides is 2. The normalized spacial score (nSPS) is 15.5. The molecule has 3 N–H and O–H groups in total. The number of nitrogens with one attached hydrogen (secondary N) is 3. The maximum Gasteiger partial charge on any atom is 0.287 e. The summed E-state index contributed by atoms with van der Waals surface area (Å²) >= 11 is 6.12. The highest BCUT2D eigenvalue weighted by Gasteiger charge is 2.28.